The maximum absolute atomic E-state index is 13.1. The van der Waals surface area contributed by atoms with Gasteiger partial charge in [0.15, 0.2) is 11.6 Å². The van der Waals surface area contributed by atoms with Crippen LogP contribution < -0.4 is 0 Å². The molecule has 0 amide bonds. The van der Waals surface area contributed by atoms with Crippen LogP contribution in [0.1, 0.15) is 49.9 Å². The molecule has 65 heavy (non-hydrogen) atoms. The molecule has 7 heteroatoms. The molecular formula is C58H41N5O2. The number of fused-ring (bicyclic) bond motifs is 12. The van der Waals surface area contributed by atoms with E-state index in [1.54, 1.807) is 0 Å². The van der Waals surface area contributed by atoms with Crippen molar-refractivity contribution in [2.75, 3.05) is 0 Å². The SMILES string of the molecule is CC1(C)c2ccccc2-c2cc3c4cc(-c5cccc6c5C(C)(C)c5cc7c(cc5-6)c5ccccc5n7-c5nc(-c6ccccc6)nc(-c6ccccc6)n5)ccc4n(C(=O)O)c3cc21. The van der Waals surface area contributed by atoms with Crippen molar-refractivity contribution < 1.29 is 9.90 Å². The molecule has 11 aromatic rings. The molecule has 0 spiro atoms. The van der Waals surface area contributed by atoms with E-state index in [-0.39, 0.29) is 5.41 Å². The highest BCUT2D eigenvalue weighted by atomic mass is 16.4. The molecule has 1 N–H and O–H groups in total. The second-order valence-corrected chi connectivity index (χ2v) is 18.6. The summed E-state index contributed by atoms with van der Waals surface area (Å²) in [6, 6.07) is 59.2. The van der Waals surface area contributed by atoms with Gasteiger partial charge in [0.1, 0.15) is 0 Å². The minimum absolute atomic E-state index is 0.253. The average Bonchev–Trinajstić information content (AvgIpc) is 3.99. The summed E-state index contributed by atoms with van der Waals surface area (Å²) >= 11 is 0. The third-order valence-electron chi connectivity index (χ3n) is 14.3. The van der Waals surface area contributed by atoms with Crippen LogP contribution in [0.2, 0.25) is 0 Å². The quantitative estimate of drug-likeness (QED) is 0.191. The third kappa shape index (κ3) is 5.18. The first-order valence-electron chi connectivity index (χ1n) is 22.1. The molecule has 0 aliphatic heterocycles. The summed E-state index contributed by atoms with van der Waals surface area (Å²) in [7, 11) is 0. The lowest BCUT2D eigenvalue weighted by Gasteiger charge is -2.25. The van der Waals surface area contributed by atoms with Gasteiger partial charge in [0.25, 0.3) is 0 Å². The molecule has 0 fully saturated rings. The lowest BCUT2D eigenvalue weighted by atomic mass is 9.78. The molecular weight excluding hydrogens is 799 g/mol. The minimum Gasteiger partial charge on any atom is -0.464 e. The highest BCUT2D eigenvalue weighted by Gasteiger charge is 2.40. The Bertz CT molecular complexity index is 3800. The molecule has 2 aliphatic rings. The average molecular weight is 840 g/mol. The summed E-state index contributed by atoms with van der Waals surface area (Å²) in [6.45, 7) is 9.10. The lowest BCUT2D eigenvalue weighted by Crippen LogP contribution is -2.16. The molecule has 0 saturated carbocycles. The number of carboxylic acid groups (broad SMARTS) is 1. The summed E-state index contributed by atoms with van der Waals surface area (Å²) in [5.74, 6) is 1.78. The zero-order chi connectivity index (χ0) is 43.9. The third-order valence-corrected chi connectivity index (χ3v) is 14.3. The van der Waals surface area contributed by atoms with Crippen molar-refractivity contribution in [1.29, 1.82) is 0 Å². The van der Waals surface area contributed by atoms with Crippen LogP contribution in [0.3, 0.4) is 0 Å². The van der Waals surface area contributed by atoms with E-state index in [4.69, 9.17) is 15.0 Å². The van der Waals surface area contributed by atoms with Crippen molar-refractivity contribution >= 4 is 49.7 Å². The van der Waals surface area contributed by atoms with E-state index < -0.39 is 11.5 Å². The van der Waals surface area contributed by atoms with Crippen LogP contribution in [0, 0.1) is 0 Å². The van der Waals surface area contributed by atoms with Crippen LogP contribution in [0.5, 0.6) is 0 Å². The van der Waals surface area contributed by atoms with Crippen LogP contribution in [-0.2, 0) is 10.8 Å². The Hall–Kier alpha value is -8.16. The molecule has 0 unspecified atom stereocenters. The van der Waals surface area contributed by atoms with Crippen LogP contribution in [0.4, 0.5) is 4.79 Å². The van der Waals surface area contributed by atoms with Crippen LogP contribution in [0.25, 0.3) is 106 Å². The first-order valence-corrected chi connectivity index (χ1v) is 22.1. The predicted octanol–water partition coefficient (Wildman–Crippen LogP) is 14.2. The topological polar surface area (TPSA) is 85.8 Å². The largest absolute Gasteiger partial charge is 0.464 e. The van der Waals surface area contributed by atoms with E-state index in [1.807, 2.05) is 66.7 Å². The normalized spacial score (nSPS) is 14.2. The van der Waals surface area contributed by atoms with Gasteiger partial charge in [0, 0.05) is 43.5 Å². The molecule has 0 bridgehead atoms. The van der Waals surface area contributed by atoms with Gasteiger partial charge in [0.2, 0.25) is 5.95 Å². The fourth-order valence-corrected chi connectivity index (χ4v) is 11.3. The fourth-order valence-electron chi connectivity index (χ4n) is 11.3. The molecule has 0 atom stereocenters. The summed E-state index contributed by atoms with van der Waals surface area (Å²) in [5, 5.41) is 14.8. The second-order valence-electron chi connectivity index (χ2n) is 18.6. The monoisotopic (exact) mass is 839 g/mol. The molecule has 0 radical (unpaired) electrons. The van der Waals surface area contributed by atoms with E-state index >= 15 is 0 Å². The van der Waals surface area contributed by atoms with Gasteiger partial charge in [-0.15, -0.1) is 0 Å². The highest BCUT2D eigenvalue weighted by molar-refractivity contribution is 6.16. The fraction of sp³-hybridized carbons (Fsp3) is 0.103. The molecule has 3 heterocycles. The predicted molar refractivity (Wildman–Crippen MR) is 262 cm³/mol. The Morgan fingerprint density at radius 3 is 1.72 bits per heavy atom. The van der Waals surface area contributed by atoms with E-state index in [0.717, 1.165) is 60.4 Å². The number of nitrogens with zero attached hydrogens (tertiary/aromatic N) is 5. The van der Waals surface area contributed by atoms with Gasteiger partial charge < -0.3 is 5.11 Å². The standard InChI is InChI=1S/C58H41N5O2/c1-57(2)45-24-13-11-20-37(45)40-29-44-42-28-35(26-27-49(42)63(56(64)65)51(44)31-46(40)57)36-22-15-23-39-41-30-43-38-21-12-14-25-48(38)62(50(43)32-47(41)58(3,4)52(36)39)55-60-53(33-16-7-5-8-17-33)59-54(61-55)34-18-9-6-10-19-34/h5-32H,1-4H3,(H,64,65). The Labute approximate surface area is 374 Å². The van der Waals surface area contributed by atoms with E-state index in [0.29, 0.717) is 28.6 Å². The smallest absolute Gasteiger partial charge is 0.416 e. The van der Waals surface area contributed by atoms with Crippen molar-refractivity contribution in [1.82, 2.24) is 24.1 Å². The van der Waals surface area contributed by atoms with Gasteiger partial charge in [-0.3, -0.25) is 4.57 Å². The Balaban J connectivity index is 1.01. The van der Waals surface area contributed by atoms with Crippen LogP contribution in [-0.4, -0.2) is 35.3 Å². The molecule has 310 valence electrons. The lowest BCUT2D eigenvalue weighted by molar-refractivity contribution is 0.198. The highest BCUT2D eigenvalue weighted by Crippen LogP contribution is 2.55. The van der Waals surface area contributed by atoms with Crippen molar-refractivity contribution in [3.05, 3.63) is 192 Å². The molecule has 7 nitrogen and oxygen atoms in total. The summed E-state index contributed by atoms with van der Waals surface area (Å²) in [5.41, 5.74) is 16.4. The van der Waals surface area contributed by atoms with Crippen molar-refractivity contribution in [3.63, 3.8) is 0 Å². The number of benzene rings is 8. The van der Waals surface area contributed by atoms with E-state index in [9.17, 15) is 9.90 Å². The van der Waals surface area contributed by atoms with Gasteiger partial charge >= 0.3 is 6.09 Å². The Morgan fingerprint density at radius 2 is 1.00 bits per heavy atom. The van der Waals surface area contributed by atoms with Crippen LogP contribution >= 0.6 is 0 Å². The van der Waals surface area contributed by atoms with Gasteiger partial charge in [0.05, 0.1) is 22.1 Å². The van der Waals surface area contributed by atoms with Gasteiger partial charge in [-0.25, -0.2) is 14.3 Å². The second kappa shape index (κ2) is 13.2. The van der Waals surface area contributed by atoms with Gasteiger partial charge in [-0.05, 0) is 98.1 Å². The van der Waals surface area contributed by atoms with E-state index in [2.05, 4.69) is 135 Å². The van der Waals surface area contributed by atoms with Gasteiger partial charge in [-0.2, -0.15) is 9.97 Å². The first kappa shape index (κ1) is 37.4. The molecule has 13 rings (SSSR count). The number of hydrogen-bond donors (Lipinski definition) is 1. The molecule has 2 aliphatic carbocycles. The van der Waals surface area contributed by atoms with Crippen molar-refractivity contribution in [3.8, 4) is 62.1 Å². The zero-order valence-electron chi connectivity index (χ0n) is 36.3. The molecule has 8 aromatic carbocycles. The molecule has 0 saturated heterocycles. The van der Waals surface area contributed by atoms with Crippen LogP contribution in [0.15, 0.2) is 170 Å². The summed E-state index contributed by atoms with van der Waals surface area (Å²) < 4.78 is 3.67. The number of para-hydroxylation sites is 1. The maximum Gasteiger partial charge on any atom is 0.416 e. The first-order chi connectivity index (χ1) is 31.6. The van der Waals surface area contributed by atoms with Gasteiger partial charge in [-0.1, -0.05) is 155 Å². The number of carbonyl (C=O) groups is 1. The molecule has 3 aromatic heterocycles. The zero-order valence-corrected chi connectivity index (χ0v) is 36.3. The Kier molecular flexibility index (Phi) is 7.59. The number of rotatable bonds is 4. The number of aromatic nitrogens is 5. The van der Waals surface area contributed by atoms with E-state index in [1.165, 1.54) is 43.5 Å². The minimum atomic E-state index is -0.989. The summed E-state index contributed by atoms with van der Waals surface area (Å²) in [6.07, 6.45) is -0.989. The maximum atomic E-state index is 13.1. The number of hydrogen-bond acceptors (Lipinski definition) is 4. The van der Waals surface area contributed by atoms with Crippen molar-refractivity contribution in [2.45, 2.75) is 38.5 Å². The summed E-state index contributed by atoms with van der Waals surface area (Å²) in [4.78, 5) is 28.5. The van der Waals surface area contributed by atoms with Crippen molar-refractivity contribution in [2.24, 2.45) is 0 Å². The Morgan fingerprint density at radius 1 is 0.431 bits per heavy atom.